The van der Waals surface area contributed by atoms with Gasteiger partial charge in [-0.25, -0.2) is 4.79 Å². The van der Waals surface area contributed by atoms with E-state index in [4.69, 9.17) is 4.74 Å². The Morgan fingerprint density at radius 2 is 2.04 bits per heavy atom. The van der Waals surface area contributed by atoms with Crippen LogP contribution >= 0.6 is 0 Å². The molecule has 2 N–H and O–H groups in total. The van der Waals surface area contributed by atoms with Crippen LogP contribution in [0.3, 0.4) is 0 Å². The van der Waals surface area contributed by atoms with Crippen molar-refractivity contribution in [2.75, 3.05) is 7.11 Å². The third-order valence-corrected chi connectivity index (χ3v) is 5.66. The molecule has 0 unspecified atom stereocenters. The number of aromatic hydroxyl groups is 2. The summed E-state index contributed by atoms with van der Waals surface area (Å²) in [7, 11) is 1.32. The minimum atomic E-state index is -0.557. The van der Waals surface area contributed by atoms with Gasteiger partial charge >= 0.3 is 5.97 Å². The number of phenolic OH excluding ortho intramolecular Hbond substituents is 2. The third-order valence-electron chi connectivity index (χ3n) is 5.66. The molecule has 28 heavy (non-hydrogen) atoms. The van der Waals surface area contributed by atoms with Crippen LogP contribution < -0.4 is 0 Å². The lowest BCUT2D eigenvalue weighted by atomic mass is 9.73. The van der Waals surface area contributed by atoms with Crippen molar-refractivity contribution in [2.24, 2.45) is 5.92 Å². The number of rotatable bonds is 8. The van der Waals surface area contributed by atoms with Crippen molar-refractivity contribution in [1.29, 1.82) is 0 Å². The lowest BCUT2D eigenvalue weighted by Crippen LogP contribution is -2.18. The fourth-order valence-electron chi connectivity index (χ4n) is 4.26. The first-order valence-corrected chi connectivity index (χ1v) is 10.3. The molecular formula is C24H34O4. The van der Waals surface area contributed by atoms with Crippen molar-refractivity contribution < 1.29 is 19.7 Å². The van der Waals surface area contributed by atoms with E-state index in [1.54, 1.807) is 6.07 Å². The summed E-state index contributed by atoms with van der Waals surface area (Å²) in [6.45, 7) is 10.2. The Labute approximate surface area is 168 Å². The van der Waals surface area contributed by atoms with Crippen molar-refractivity contribution in [3.8, 4) is 11.5 Å². The highest BCUT2D eigenvalue weighted by molar-refractivity contribution is 5.95. The van der Waals surface area contributed by atoms with Crippen LogP contribution in [0.15, 0.2) is 29.9 Å². The largest absolute Gasteiger partial charge is 0.507 e. The van der Waals surface area contributed by atoms with Crippen LogP contribution in [0, 0.1) is 5.92 Å². The maximum atomic E-state index is 12.5. The van der Waals surface area contributed by atoms with Gasteiger partial charge in [-0.1, -0.05) is 37.0 Å². The Bertz CT molecular complexity index is 760. The Morgan fingerprint density at radius 1 is 1.32 bits per heavy atom. The van der Waals surface area contributed by atoms with E-state index in [-0.39, 0.29) is 28.9 Å². The van der Waals surface area contributed by atoms with Crippen LogP contribution in [0.2, 0.25) is 0 Å². The number of benzene rings is 1. The van der Waals surface area contributed by atoms with E-state index in [0.717, 1.165) is 44.1 Å². The summed E-state index contributed by atoms with van der Waals surface area (Å²) in [5.74, 6) is -0.563. The van der Waals surface area contributed by atoms with Crippen molar-refractivity contribution >= 4 is 5.97 Å². The summed E-state index contributed by atoms with van der Waals surface area (Å²) in [6.07, 6.45) is 8.48. The van der Waals surface area contributed by atoms with Crippen LogP contribution in [0.25, 0.3) is 0 Å². The Kier molecular flexibility index (Phi) is 7.73. The second-order valence-electron chi connectivity index (χ2n) is 8.14. The van der Waals surface area contributed by atoms with E-state index >= 15 is 0 Å². The zero-order valence-electron chi connectivity index (χ0n) is 17.7. The van der Waals surface area contributed by atoms with Crippen LogP contribution in [-0.4, -0.2) is 23.3 Å². The molecule has 4 heteroatoms. The smallest absolute Gasteiger partial charge is 0.341 e. The molecule has 0 fully saturated rings. The van der Waals surface area contributed by atoms with Crippen molar-refractivity contribution in [3.05, 3.63) is 46.6 Å². The Balaban J connectivity index is 2.57. The molecule has 0 spiro atoms. The fraction of sp³-hybridized carbons (Fsp3) is 0.542. The van der Waals surface area contributed by atoms with Gasteiger partial charge in [0.25, 0.3) is 0 Å². The second kappa shape index (κ2) is 9.81. The van der Waals surface area contributed by atoms with Gasteiger partial charge in [0.15, 0.2) is 0 Å². The summed E-state index contributed by atoms with van der Waals surface area (Å²) in [4.78, 5) is 12.5. The quantitative estimate of drug-likeness (QED) is 0.325. The first kappa shape index (κ1) is 22.1. The number of ether oxygens (including phenoxy) is 1. The van der Waals surface area contributed by atoms with Crippen LogP contribution in [0.1, 0.15) is 86.7 Å². The van der Waals surface area contributed by atoms with Crippen molar-refractivity contribution in [3.63, 3.8) is 0 Å². The van der Waals surface area contributed by atoms with Crippen molar-refractivity contribution in [1.82, 2.24) is 0 Å². The lowest BCUT2D eigenvalue weighted by Gasteiger charge is -2.32. The monoisotopic (exact) mass is 386 g/mol. The molecule has 0 aromatic heterocycles. The molecule has 1 aromatic rings. The molecule has 0 saturated heterocycles. The van der Waals surface area contributed by atoms with Crippen molar-refractivity contribution in [2.45, 2.75) is 71.6 Å². The second-order valence-corrected chi connectivity index (χ2v) is 8.14. The third kappa shape index (κ3) is 4.98. The summed E-state index contributed by atoms with van der Waals surface area (Å²) >= 11 is 0. The van der Waals surface area contributed by atoms with Gasteiger partial charge in [0.1, 0.15) is 17.1 Å². The molecule has 0 aliphatic heterocycles. The number of carbonyl (C=O) groups is 1. The zero-order valence-corrected chi connectivity index (χ0v) is 17.7. The highest BCUT2D eigenvalue weighted by atomic mass is 16.5. The molecule has 4 nitrogen and oxygen atoms in total. The molecule has 0 radical (unpaired) electrons. The highest BCUT2D eigenvalue weighted by Crippen LogP contribution is 2.48. The van der Waals surface area contributed by atoms with Crippen LogP contribution in [0.5, 0.6) is 11.5 Å². The standard InChI is InChI=1S/C24H34O4/c1-6-7-8-9-18-14-20(25)22(23(26)21(18)24(27)28-5)19-13-16(4)10-11-17(19)12-15(2)3/h13-14,17,19,25-26H,2,6-12H2,1,3-5H3/t17-,19+/m0/s1. The number of methoxy groups -OCH3 is 1. The van der Waals surface area contributed by atoms with Gasteiger partial charge in [-0.2, -0.15) is 0 Å². The summed E-state index contributed by atoms with van der Waals surface area (Å²) in [5.41, 5.74) is 3.58. The predicted molar refractivity (Wildman–Crippen MR) is 113 cm³/mol. The predicted octanol–water partition coefficient (Wildman–Crippen LogP) is 6.02. The van der Waals surface area contributed by atoms with Crippen LogP contribution in [-0.2, 0) is 11.2 Å². The number of carbonyl (C=O) groups excluding carboxylic acids is 1. The fourth-order valence-corrected chi connectivity index (χ4v) is 4.26. The Morgan fingerprint density at radius 3 is 2.64 bits per heavy atom. The van der Waals surface area contributed by atoms with E-state index in [9.17, 15) is 15.0 Å². The van der Waals surface area contributed by atoms with Gasteiger partial charge < -0.3 is 14.9 Å². The number of aryl methyl sites for hydroxylation is 1. The summed E-state index contributed by atoms with van der Waals surface area (Å²) < 4.78 is 4.95. The number of hydrogen-bond acceptors (Lipinski definition) is 4. The van der Waals surface area contributed by atoms with Gasteiger partial charge in [-0.3, -0.25) is 0 Å². The van der Waals surface area contributed by atoms with E-state index in [1.807, 2.05) is 6.92 Å². The summed E-state index contributed by atoms with van der Waals surface area (Å²) in [5, 5.41) is 21.9. The molecule has 0 heterocycles. The first-order valence-electron chi connectivity index (χ1n) is 10.3. The molecule has 154 valence electrons. The minimum Gasteiger partial charge on any atom is -0.507 e. The number of allylic oxidation sites excluding steroid dienone is 3. The van der Waals surface area contributed by atoms with E-state index < -0.39 is 5.97 Å². The lowest BCUT2D eigenvalue weighted by molar-refractivity contribution is 0.0595. The van der Waals surface area contributed by atoms with Gasteiger partial charge in [0.2, 0.25) is 0 Å². The van der Waals surface area contributed by atoms with E-state index in [0.29, 0.717) is 17.5 Å². The van der Waals surface area contributed by atoms with E-state index in [1.165, 1.54) is 12.7 Å². The van der Waals surface area contributed by atoms with Crippen LogP contribution in [0.4, 0.5) is 0 Å². The maximum absolute atomic E-state index is 12.5. The van der Waals surface area contributed by atoms with Gasteiger partial charge in [-0.05, 0) is 63.5 Å². The van der Waals surface area contributed by atoms with Gasteiger partial charge in [0.05, 0.1) is 7.11 Å². The molecule has 2 atom stereocenters. The van der Waals surface area contributed by atoms with Gasteiger partial charge in [0, 0.05) is 11.5 Å². The molecule has 1 aliphatic carbocycles. The van der Waals surface area contributed by atoms with Gasteiger partial charge in [-0.15, -0.1) is 6.58 Å². The molecule has 2 rings (SSSR count). The summed E-state index contributed by atoms with van der Waals surface area (Å²) in [6, 6.07) is 1.65. The molecule has 0 bridgehead atoms. The topological polar surface area (TPSA) is 66.8 Å². The SMILES string of the molecule is C=C(C)C[C@@H]1CCC(C)=C[C@H]1c1c(O)cc(CCCCC)c(C(=O)OC)c1O. The average Bonchev–Trinajstić information content (AvgIpc) is 2.63. The number of phenols is 2. The normalized spacial score (nSPS) is 19.2. The molecule has 1 aliphatic rings. The molecule has 0 amide bonds. The number of hydrogen-bond donors (Lipinski definition) is 2. The molecule has 0 saturated carbocycles. The van der Waals surface area contributed by atoms with E-state index in [2.05, 4.69) is 26.5 Å². The minimum absolute atomic E-state index is 0.0549. The molecule has 1 aromatic carbocycles. The average molecular weight is 387 g/mol. The first-order chi connectivity index (χ1) is 13.3. The number of unbranched alkanes of at least 4 members (excludes halogenated alkanes) is 2. The maximum Gasteiger partial charge on any atom is 0.341 e. The molecular weight excluding hydrogens is 352 g/mol. The highest BCUT2D eigenvalue weighted by Gasteiger charge is 2.32. The Hall–Kier alpha value is -2.23. The number of esters is 1. The zero-order chi connectivity index (χ0) is 20.8.